The Morgan fingerprint density at radius 1 is 1.41 bits per heavy atom. The van der Waals surface area contributed by atoms with Gasteiger partial charge in [0.1, 0.15) is 16.7 Å². The Bertz CT molecular complexity index is 660. The molecule has 1 aliphatic heterocycles. The fourth-order valence-corrected chi connectivity index (χ4v) is 2.62. The molecule has 1 aliphatic rings. The minimum absolute atomic E-state index is 0.0647. The number of carbonyl (C=O) groups is 1. The van der Waals surface area contributed by atoms with Gasteiger partial charge >= 0.3 is 0 Å². The van der Waals surface area contributed by atoms with Crippen LogP contribution in [0.4, 0.5) is 11.8 Å². The van der Waals surface area contributed by atoms with Gasteiger partial charge in [-0.1, -0.05) is 17.7 Å². The second-order valence-electron chi connectivity index (χ2n) is 5.03. The molecule has 3 N–H and O–H groups in total. The Kier molecular flexibility index (Phi) is 4.06. The molecule has 22 heavy (non-hydrogen) atoms. The van der Waals surface area contributed by atoms with Gasteiger partial charge in [-0.15, -0.1) is 0 Å². The maximum absolute atomic E-state index is 12.3. The van der Waals surface area contributed by atoms with Crippen LogP contribution in [0.5, 0.6) is 0 Å². The average Bonchev–Trinajstić information content (AvgIpc) is 2.95. The number of rotatable bonds is 3. The summed E-state index contributed by atoms with van der Waals surface area (Å²) in [6.07, 6.45) is 2.44. The monoisotopic (exact) mass is 318 g/mol. The van der Waals surface area contributed by atoms with Crippen molar-refractivity contribution < 1.29 is 4.79 Å². The number of nitrogens with zero attached hydrogens (tertiary/aromatic N) is 4. The van der Waals surface area contributed by atoms with Crippen molar-refractivity contribution in [3.63, 3.8) is 0 Å². The van der Waals surface area contributed by atoms with E-state index in [2.05, 4.69) is 20.3 Å². The van der Waals surface area contributed by atoms with E-state index in [-0.39, 0.29) is 23.1 Å². The van der Waals surface area contributed by atoms with E-state index in [0.29, 0.717) is 24.6 Å². The van der Waals surface area contributed by atoms with Gasteiger partial charge in [-0.3, -0.25) is 9.78 Å². The van der Waals surface area contributed by atoms with Crippen LogP contribution in [0.15, 0.2) is 30.5 Å². The Hall–Kier alpha value is -2.41. The van der Waals surface area contributed by atoms with E-state index < -0.39 is 0 Å². The highest BCUT2D eigenvalue weighted by Gasteiger charge is 2.27. The highest BCUT2D eigenvalue weighted by Crippen LogP contribution is 2.18. The van der Waals surface area contributed by atoms with Crippen molar-refractivity contribution >= 4 is 29.3 Å². The van der Waals surface area contributed by atoms with Gasteiger partial charge in [-0.2, -0.15) is 4.98 Å². The molecule has 1 saturated heterocycles. The van der Waals surface area contributed by atoms with E-state index in [1.165, 1.54) is 0 Å². The second kappa shape index (κ2) is 6.15. The van der Waals surface area contributed by atoms with Crippen LogP contribution in [-0.4, -0.2) is 44.9 Å². The smallest absolute Gasteiger partial charge is 0.272 e. The Balaban J connectivity index is 1.64. The zero-order valence-corrected chi connectivity index (χ0v) is 12.5. The largest absolute Gasteiger partial charge is 0.368 e. The standard InChI is InChI=1S/C14H15ClN6O/c15-11-7-12(20-14(16)19-11)18-9-4-6-21(8-9)13(22)10-3-1-2-5-17-10/h1-3,5,7,9H,4,6,8H2,(H3,16,18,19,20). The van der Waals surface area contributed by atoms with Crippen LogP contribution in [0.1, 0.15) is 16.9 Å². The number of nitrogens with one attached hydrogen (secondary N) is 1. The molecule has 0 aliphatic carbocycles. The Labute approximate surface area is 132 Å². The first kappa shape index (κ1) is 14.5. The number of hydrogen-bond acceptors (Lipinski definition) is 6. The van der Waals surface area contributed by atoms with E-state index in [0.717, 1.165) is 6.42 Å². The van der Waals surface area contributed by atoms with Crippen molar-refractivity contribution in [2.24, 2.45) is 0 Å². The maximum Gasteiger partial charge on any atom is 0.272 e. The number of anilines is 2. The van der Waals surface area contributed by atoms with Crippen LogP contribution in [0.2, 0.25) is 5.15 Å². The van der Waals surface area contributed by atoms with E-state index in [1.807, 2.05) is 0 Å². The van der Waals surface area contributed by atoms with Gasteiger partial charge in [0.15, 0.2) is 0 Å². The Morgan fingerprint density at radius 2 is 2.27 bits per heavy atom. The Morgan fingerprint density at radius 3 is 3.00 bits per heavy atom. The lowest BCUT2D eigenvalue weighted by atomic mass is 10.2. The number of pyridine rings is 1. The lowest BCUT2D eigenvalue weighted by molar-refractivity contribution is 0.0786. The minimum atomic E-state index is -0.0647. The summed E-state index contributed by atoms with van der Waals surface area (Å²) in [5.41, 5.74) is 6.02. The first-order chi connectivity index (χ1) is 10.6. The van der Waals surface area contributed by atoms with Crippen LogP contribution < -0.4 is 11.1 Å². The van der Waals surface area contributed by atoms with Gasteiger partial charge in [-0.05, 0) is 18.6 Å². The molecule has 2 aromatic heterocycles. The normalized spacial score (nSPS) is 17.5. The molecule has 0 bridgehead atoms. The number of nitrogens with two attached hydrogens (primary N) is 1. The number of amides is 1. The molecule has 1 atom stereocenters. The number of aromatic nitrogens is 3. The maximum atomic E-state index is 12.3. The van der Waals surface area contributed by atoms with Crippen molar-refractivity contribution in [3.8, 4) is 0 Å². The predicted molar refractivity (Wildman–Crippen MR) is 83.6 cm³/mol. The molecule has 0 radical (unpaired) electrons. The van der Waals surface area contributed by atoms with Gasteiger partial charge in [0.25, 0.3) is 5.91 Å². The summed E-state index contributed by atoms with van der Waals surface area (Å²) in [5, 5.41) is 3.52. The topological polar surface area (TPSA) is 97.0 Å². The molecular weight excluding hydrogens is 304 g/mol. The highest BCUT2D eigenvalue weighted by atomic mass is 35.5. The number of likely N-dealkylation sites (tertiary alicyclic amines) is 1. The SMILES string of the molecule is Nc1nc(Cl)cc(NC2CCN(C(=O)c3ccccn3)C2)n1. The number of halogens is 1. The molecule has 8 heteroatoms. The van der Waals surface area contributed by atoms with Gasteiger partial charge < -0.3 is 16.0 Å². The fraction of sp³-hybridized carbons (Fsp3) is 0.286. The van der Waals surface area contributed by atoms with Gasteiger partial charge in [0.2, 0.25) is 5.95 Å². The lowest BCUT2D eigenvalue weighted by Crippen LogP contribution is -2.32. The van der Waals surface area contributed by atoms with Crippen LogP contribution in [0, 0.1) is 0 Å². The van der Waals surface area contributed by atoms with Gasteiger partial charge in [0.05, 0.1) is 0 Å². The number of hydrogen-bond donors (Lipinski definition) is 2. The van der Waals surface area contributed by atoms with E-state index in [1.54, 1.807) is 35.4 Å². The van der Waals surface area contributed by atoms with Crippen molar-refractivity contribution in [1.29, 1.82) is 0 Å². The molecular formula is C14H15ClN6O. The minimum Gasteiger partial charge on any atom is -0.368 e. The summed E-state index contributed by atoms with van der Waals surface area (Å²) in [5.74, 6) is 0.620. The quantitative estimate of drug-likeness (QED) is 0.831. The molecule has 0 saturated carbocycles. The molecule has 3 heterocycles. The van der Waals surface area contributed by atoms with Crippen molar-refractivity contribution in [3.05, 3.63) is 41.3 Å². The van der Waals surface area contributed by atoms with Crippen LogP contribution in [-0.2, 0) is 0 Å². The van der Waals surface area contributed by atoms with Crippen molar-refractivity contribution in [2.75, 3.05) is 24.1 Å². The summed E-state index contributed by atoms with van der Waals surface area (Å²) in [6, 6.07) is 7.01. The first-order valence-corrected chi connectivity index (χ1v) is 7.26. The second-order valence-corrected chi connectivity index (χ2v) is 5.42. The van der Waals surface area contributed by atoms with E-state index in [4.69, 9.17) is 17.3 Å². The van der Waals surface area contributed by atoms with E-state index >= 15 is 0 Å². The predicted octanol–water partition coefficient (Wildman–Crippen LogP) is 1.43. The number of carbonyl (C=O) groups excluding carboxylic acids is 1. The molecule has 114 valence electrons. The third kappa shape index (κ3) is 3.25. The average molecular weight is 319 g/mol. The summed E-state index contributed by atoms with van der Waals surface area (Å²) >= 11 is 5.85. The van der Waals surface area contributed by atoms with Crippen LogP contribution in [0.25, 0.3) is 0 Å². The van der Waals surface area contributed by atoms with Crippen molar-refractivity contribution in [1.82, 2.24) is 19.9 Å². The highest BCUT2D eigenvalue weighted by molar-refractivity contribution is 6.29. The summed E-state index contributed by atoms with van der Waals surface area (Å²) in [7, 11) is 0. The third-order valence-electron chi connectivity index (χ3n) is 3.42. The summed E-state index contributed by atoms with van der Waals surface area (Å²) in [6.45, 7) is 1.25. The molecule has 1 fully saturated rings. The molecule has 1 unspecified atom stereocenters. The summed E-state index contributed by atoms with van der Waals surface area (Å²) < 4.78 is 0. The number of nitrogen functional groups attached to an aromatic ring is 1. The van der Waals surface area contributed by atoms with Crippen molar-refractivity contribution in [2.45, 2.75) is 12.5 Å². The van der Waals surface area contributed by atoms with Crippen LogP contribution >= 0.6 is 11.6 Å². The fourth-order valence-electron chi connectivity index (χ4n) is 2.43. The zero-order chi connectivity index (χ0) is 15.5. The molecule has 7 nitrogen and oxygen atoms in total. The zero-order valence-electron chi connectivity index (χ0n) is 11.7. The van der Waals surface area contributed by atoms with Crippen LogP contribution in [0.3, 0.4) is 0 Å². The lowest BCUT2D eigenvalue weighted by Gasteiger charge is -2.17. The first-order valence-electron chi connectivity index (χ1n) is 6.89. The van der Waals surface area contributed by atoms with E-state index in [9.17, 15) is 4.79 Å². The molecule has 3 rings (SSSR count). The third-order valence-corrected chi connectivity index (χ3v) is 3.62. The molecule has 2 aromatic rings. The molecule has 1 amide bonds. The van der Waals surface area contributed by atoms with Gasteiger partial charge in [0, 0.05) is 31.4 Å². The molecule has 0 spiro atoms. The molecule has 0 aromatic carbocycles. The van der Waals surface area contributed by atoms with Gasteiger partial charge in [-0.25, -0.2) is 4.98 Å². The summed E-state index contributed by atoms with van der Waals surface area (Å²) in [4.78, 5) is 26.1.